The summed E-state index contributed by atoms with van der Waals surface area (Å²) in [4.78, 5) is 11.4. The zero-order valence-corrected chi connectivity index (χ0v) is 12.1. The van der Waals surface area contributed by atoms with Gasteiger partial charge in [-0.05, 0) is 25.5 Å². The van der Waals surface area contributed by atoms with E-state index in [-0.39, 0.29) is 18.3 Å². The van der Waals surface area contributed by atoms with Crippen LogP contribution >= 0.6 is 0 Å². The summed E-state index contributed by atoms with van der Waals surface area (Å²) in [6, 6.07) is 3.85. The van der Waals surface area contributed by atoms with Crippen LogP contribution in [-0.4, -0.2) is 24.3 Å². The summed E-state index contributed by atoms with van der Waals surface area (Å²) in [6.07, 6.45) is 0.403. The molecule has 1 N–H and O–H groups in total. The van der Waals surface area contributed by atoms with E-state index in [2.05, 4.69) is 6.58 Å². The van der Waals surface area contributed by atoms with Gasteiger partial charge in [-0.15, -0.1) is 6.58 Å². The van der Waals surface area contributed by atoms with Crippen LogP contribution < -0.4 is 4.74 Å². The lowest BCUT2D eigenvalue weighted by Gasteiger charge is -2.24. The SMILES string of the molecule is C=C[C@H]1CC(=O)O[C@H]1[C@H](O)c1cc(C)cc(C)c1OC. The van der Waals surface area contributed by atoms with E-state index in [1.807, 2.05) is 26.0 Å². The van der Waals surface area contributed by atoms with Gasteiger partial charge in [0.2, 0.25) is 0 Å². The molecule has 20 heavy (non-hydrogen) atoms. The van der Waals surface area contributed by atoms with Crippen LogP contribution in [0.5, 0.6) is 5.75 Å². The lowest BCUT2D eigenvalue weighted by atomic mass is 9.91. The molecule has 1 fully saturated rings. The van der Waals surface area contributed by atoms with Crippen molar-refractivity contribution in [3.8, 4) is 5.75 Å². The smallest absolute Gasteiger partial charge is 0.306 e. The summed E-state index contributed by atoms with van der Waals surface area (Å²) in [5.41, 5.74) is 2.62. The number of benzene rings is 1. The molecular formula is C16H20O4. The van der Waals surface area contributed by atoms with Gasteiger partial charge in [-0.1, -0.05) is 17.7 Å². The van der Waals surface area contributed by atoms with Gasteiger partial charge in [-0.25, -0.2) is 0 Å². The number of aliphatic hydroxyl groups excluding tert-OH is 1. The topological polar surface area (TPSA) is 55.8 Å². The molecule has 1 aliphatic heterocycles. The van der Waals surface area contributed by atoms with E-state index in [4.69, 9.17) is 9.47 Å². The van der Waals surface area contributed by atoms with Crippen molar-refractivity contribution in [2.45, 2.75) is 32.5 Å². The number of carbonyl (C=O) groups is 1. The summed E-state index contributed by atoms with van der Waals surface area (Å²) in [5.74, 6) is 0.152. The van der Waals surface area contributed by atoms with E-state index in [1.165, 1.54) is 0 Å². The van der Waals surface area contributed by atoms with Crippen LogP contribution in [0.4, 0.5) is 0 Å². The fourth-order valence-electron chi connectivity index (χ4n) is 2.77. The fraction of sp³-hybridized carbons (Fsp3) is 0.438. The largest absolute Gasteiger partial charge is 0.496 e. The van der Waals surface area contributed by atoms with Crippen molar-refractivity contribution in [1.29, 1.82) is 0 Å². The molecule has 0 aromatic heterocycles. The number of aryl methyl sites for hydroxylation is 2. The van der Waals surface area contributed by atoms with Crippen LogP contribution in [-0.2, 0) is 9.53 Å². The Hall–Kier alpha value is -1.81. The minimum absolute atomic E-state index is 0.178. The quantitative estimate of drug-likeness (QED) is 0.678. The molecule has 4 heteroatoms. The minimum atomic E-state index is -0.919. The predicted octanol–water partition coefficient (Wildman–Crippen LogP) is 2.46. The van der Waals surface area contributed by atoms with Gasteiger partial charge in [0.1, 0.15) is 18.0 Å². The summed E-state index contributed by atoms with van der Waals surface area (Å²) < 4.78 is 10.6. The third kappa shape index (κ3) is 2.56. The lowest BCUT2D eigenvalue weighted by molar-refractivity contribution is -0.145. The monoisotopic (exact) mass is 276 g/mol. The highest BCUT2D eigenvalue weighted by molar-refractivity contribution is 5.72. The molecule has 1 aromatic rings. The summed E-state index contributed by atoms with van der Waals surface area (Å²) in [7, 11) is 1.57. The van der Waals surface area contributed by atoms with E-state index in [0.717, 1.165) is 11.1 Å². The van der Waals surface area contributed by atoms with Crippen molar-refractivity contribution < 1.29 is 19.4 Å². The molecule has 0 amide bonds. The van der Waals surface area contributed by atoms with Crippen LogP contribution in [0, 0.1) is 19.8 Å². The second-order valence-electron chi connectivity index (χ2n) is 5.21. The molecule has 0 saturated carbocycles. The number of hydrogen-bond acceptors (Lipinski definition) is 4. The number of cyclic esters (lactones) is 1. The molecule has 3 atom stereocenters. The average molecular weight is 276 g/mol. The maximum Gasteiger partial charge on any atom is 0.306 e. The van der Waals surface area contributed by atoms with Gasteiger partial charge < -0.3 is 14.6 Å². The summed E-state index contributed by atoms with van der Waals surface area (Å²) in [6.45, 7) is 7.58. The Kier molecular flexibility index (Phi) is 4.14. The fourth-order valence-corrected chi connectivity index (χ4v) is 2.77. The molecule has 1 aliphatic rings. The molecule has 0 radical (unpaired) electrons. The first kappa shape index (κ1) is 14.6. The third-order valence-corrected chi connectivity index (χ3v) is 3.68. The van der Waals surface area contributed by atoms with Crippen molar-refractivity contribution in [2.24, 2.45) is 5.92 Å². The van der Waals surface area contributed by atoms with E-state index < -0.39 is 12.2 Å². The maximum atomic E-state index is 11.4. The van der Waals surface area contributed by atoms with E-state index >= 15 is 0 Å². The van der Waals surface area contributed by atoms with Gasteiger partial charge in [0, 0.05) is 11.5 Å². The van der Waals surface area contributed by atoms with Crippen LogP contribution in [0.1, 0.15) is 29.2 Å². The molecule has 4 nitrogen and oxygen atoms in total. The normalized spacial score (nSPS) is 23.3. The Morgan fingerprint density at radius 1 is 1.50 bits per heavy atom. The molecular weight excluding hydrogens is 256 g/mol. The molecule has 0 spiro atoms. The zero-order chi connectivity index (χ0) is 14.9. The van der Waals surface area contributed by atoms with Crippen molar-refractivity contribution in [3.05, 3.63) is 41.5 Å². The molecule has 2 rings (SSSR count). The molecule has 0 unspecified atom stereocenters. The number of hydrogen-bond donors (Lipinski definition) is 1. The van der Waals surface area contributed by atoms with Crippen LogP contribution in [0.25, 0.3) is 0 Å². The van der Waals surface area contributed by atoms with Crippen LogP contribution in [0.2, 0.25) is 0 Å². The van der Waals surface area contributed by atoms with E-state index in [9.17, 15) is 9.90 Å². The third-order valence-electron chi connectivity index (χ3n) is 3.68. The number of carbonyl (C=O) groups excluding carboxylic acids is 1. The molecule has 1 saturated heterocycles. The van der Waals surface area contributed by atoms with Gasteiger partial charge in [-0.2, -0.15) is 0 Å². The minimum Gasteiger partial charge on any atom is -0.496 e. The number of aliphatic hydroxyl groups is 1. The van der Waals surface area contributed by atoms with Crippen molar-refractivity contribution >= 4 is 5.97 Å². The standard InChI is InChI=1S/C16H20O4/c1-5-11-8-13(17)20-16(11)14(18)12-7-9(2)6-10(3)15(12)19-4/h5-7,11,14,16,18H,1,8H2,2-4H3/t11-,14+,16+/m0/s1. The first-order valence-corrected chi connectivity index (χ1v) is 6.63. The highest BCUT2D eigenvalue weighted by Crippen LogP contribution is 2.38. The lowest BCUT2D eigenvalue weighted by Crippen LogP contribution is -2.24. The molecule has 108 valence electrons. The van der Waals surface area contributed by atoms with E-state index in [0.29, 0.717) is 11.3 Å². The van der Waals surface area contributed by atoms with Gasteiger partial charge in [-0.3, -0.25) is 4.79 Å². The Balaban J connectivity index is 2.40. The Labute approximate surface area is 119 Å². The average Bonchev–Trinajstić information content (AvgIpc) is 2.78. The summed E-state index contributed by atoms with van der Waals surface area (Å²) >= 11 is 0. The van der Waals surface area contributed by atoms with Crippen molar-refractivity contribution in [3.63, 3.8) is 0 Å². The van der Waals surface area contributed by atoms with Gasteiger partial charge in [0.05, 0.1) is 13.5 Å². The number of rotatable bonds is 4. The molecule has 0 bridgehead atoms. The van der Waals surface area contributed by atoms with Gasteiger partial charge >= 0.3 is 5.97 Å². The van der Waals surface area contributed by atoms with Crippen LogP contribution in [0.15, 0.2) is 24.8 Å². The van der Waals surface area contributed by atoms with Crippen molar-refractivity contribution in [2.75, 3.05) is 7.11 Å². The van der Waals surface area contributed by atoms with Gasteiger partial charge in [0.15, 0.2) is 0 Å². The van der Waals surface area contributed by atoms with Crippen molar-refractivity contribution in [1.82, 2.24) is 0 Å². The first-order valence-electron chi connectivity index (χ1n) is 6.63. The van der Waals surface area contributed by atoms with Crippen LogP contribution in [0.3, 0.4) is 0 Å². The number of esters is 1. The number of methoxy groups -OCH3 is 1. The second-order valence-corrected chi connectivity index (χ2v) is 5.21. The first-order chi connectivity index (χ1) is 9.47. The van der Waals surface area contributed by atoms with Gasteiger partial charge in [0.25, 0.3) is 0 Å². The maximum absolute atomic E-state index is 11.4. The summed E-state index contributed by atoms with van der Waals surface area (Å²) in [5, 5.41) is 10.6. The highest BCUT2D eigenvalue weighted by Gasteiger charge is 2.39. The molecule has 0 aliphatic carbocycles. The highest BCUT2D eigenvalue weighted by atomic mass is 16.6. The molecule has 1 heterocycles. The van der Waals surface area contributed by atoms with E-state index in [1.54, 1.807) is 13.2 Å². The Morgan fingerprint density at radius 2 is 2.20 bits per heavy atom. The molecule has 1 aromatic carbocycles. The number of ether oxygens (including phenoxy) is 2. The Bertz CT molecular complexity index is 536. The predicted molar refractivity (Wildman–Crippen MR) is 75.6 cm³/mol. The zero-order valence-electron chi connectivity index (χ0n) is 12.1. The Morgan fingerprint density at radius 3 is 2.80 bits per heavy atom. The second kappa shape index (κ2) is 5.67.